The first kappa shape index (κ1) is 22.9. The van der Waals surface area contributed by atoms with E-state index >= 15 is 0 Å². The van der Waals surface area contributed by atoms with Crippen LogP contribution in [-0.2, 0) is 0 Å². The Morgan fingerprint density at radius 3 is 2.68 bits per heavy atom. The van der Waals surface area contributed by atoms with Crippen molar-refractivity contribution in [2.45, 2.75) is 13.8 Å². The number of carbonyl (C=O) groups is 2. The van der Waals surface area contributed by atoms with Gasteiger partial charge < -0.3 is 14.0 Å². The molecule has 0 saturated heterocycles. The van der Waals surface area contributed by atoms with Crippen LogP contribution in [0, 0.1) is 6.92 Å². The number of carbonyl (C=O) groups excluding carboxylic acids is 2. The summed E-state index contributed by atoms with van der Waals surface area (Å²) < 4.78 is 16.3. The second-order valence-electron chi connectivity index (χ2n) is 7.03. The first-order chi connectivity index (χ1) is 16.6. The van der Waals surface area contributed by atoms with Crippen molar-refractivity contribution in [3.8, 4) is 22.8 Å². The topological polar surface area (TPSA) is 103 Å². The maximum absolute atomic E-state index is 12.8. The molecule has 1 amide bonds. The Balaban J connectivity index is 1.48. The Morgan fingerprint density at radius 1 is 1.12 bits per heavy atom. The maximum Gasteiger partial charge on any atom is 0.353 e. The third-order valence-electron chi connectivity index (χ3n) is 4.71. The second-order valence-corrected chi connectivity index (χ2v) is 7.98. The maximum atomic E-state index is 12.8. The third kappa shape index (κ3) is 5.21. The fourth-order valence-corrected chi connectivity index (χ4v) is 3.76. The van der Waals surface area contributed by atoms with E-state index in [1.807, 2.05) is 37.3 Å². The highest BCUT2D eigenvalue weighted by Crippen LogP contribution is 2.29. The summed E-state index contributed by atoms with van der Waals surface area (Å²) in [5.74, 6) is 0.184. The van der Waals surface area contributed by atoms with Gasteiger partial charge in [-0.15, -0.1) is 11.3 Å². The van der Waals surface area contributed by atoms with Crippen LogP contribution in [0.15, 0.2) is 75.7 Å². The van der Waals surface area contributed by atoms with Crippen molar-refractivity contribution in [2.24, 2.45) is 5.10 Å². The Bertz CT molecular complexity index is 1310. The van der Waals surface area contributed by atoms with Gasteiger partial charge in [0.15, 0.2) is 11.5 Å². The minimum absolute atomic E-state index is 0.300. The van der Waals surface area contributed by atoms with Crippen molar-refractivity contribution in [1.82, 2.24) is 10.6 Å². The molecule has 0 saturated carbocycles. The van der Waals surface area contributed by atoms with Gasteiger partial charge in [-0.05, 0) is 49.1 Å². The van der Waals surface area contributed by atoms with Crippen molar-refractivity contribution >= 4 is 29.4 Å². The molecule has 4 rings (SSSR count). The molecule has 2 aromatic heterocycles. The van der Waals surface area contributed by atoms with E-state index in [2.05, 4.69) is 15.7 Å². The van der Waals surface area contributed by atoms with Gasteiger partial charge in [-0.2, -0.15) is 5.10 Å². The summed E-state index contributed by atoms with van der Waals surface area (Å²) in [4.78, 5) is 25.5. The molecule has 0 bridgehead atoms. The molecule has 0 aliphatic heterocycles. The van der Waals surface area contributed by atoms with Crippen molar-refractivity contribution in [3.63, 3.8) is 0 Å². The first-order valence-electron chi connectivity index (χ1n) is 10.4. The van der Waals surface area contributed by atoms with Crippen LogP contribution in [0.3, 0.4) is 0 Å². The predicted molar refractivity (Wildman–Crippen MR) is 129 cm³/mol. The largest absolute Gasteiger partial charge is 0.490 e. The van der Waals surface area contributed by atoms with E-state index in [9.17, 15) is 9.59 Å². The molecule has 2 aromatic carbocycles. The van der Waals surface area contributed by atoms with E-state index in [0.29, 0.717) is 45.6 Å². The highest BCUT2D eigenvalue weighted by Gasteiger charge is 2.21. The summed E-state index contributed by atoms with van der Waals surface area (Å²) >= 11 is 1.30. The molecular formula is C25H21N3O5S. The van der Waals surface area contributed by atoms with E-state index in [0.717, 1.165) is 5.56 Å². The number of thiophene rings is 1. The molecule has 0 spiro atoms. The molecule has 0 radical (unpaired) electrons. The van der Waals surface area contributed by atoms with Crippen molar-refractivity contribution in [3.05, 3.63) is 87.8 Å². The Kier molecular flexibility index (Phi) is 7.14. The van der Waals surface area contributed by atoms with Crippen LogP contribution in [0.4, 0.5) is 0 Å². The highest BCUT2D eigenvalue weighted by atomic mass is 32.1. The molecule has 0 unspecified atom stereocenters. The van der Waals surface area contributed by atoms with E-state index < -0.39 is 11.9 Å². The van der Waals surface area contributed by atoms with Gasteiger partial charge in [0, 0.05) is 5.56 Å². The lowest BCUT2D eigenvalue weighted by Crippen LogP contribution is -2.18. The molecule has 1 N–H and O–H groups in total. The summed E-state index contributed by atoms with van der Waals surface area (Å²) in [5.41, 5.74) is 4.68. The lowest BCUT2D eigenvalue weighted by Gasteiger charge is -2.10. The molecule has 0 aliphatic rings. The van der Waals surface area contributed by atoms with Crippen LogP contribution in [-0.4, -0.2) is 29.9 Å². The number of aromatic nitrogens is 1. The Morgan fingerprint density at radius 2 is 1.94 bits per heavy atom. The minimum Gasteiger partial charge on any atom is -0.490 e. The zero-order chi connectivity index (χ0) is 23.9. The summed E-state index contributed by atoms with van der Waals surface area (Å²) in [6.07, 6.45) is 1.47. The van der Waals surface area contributed by atoms with Crippen LogP contribution < -0.4 is 14.9 Å². The number of hydrogen-bond donors (Lipinski definition) is 1. The van der Waals surface area contributed by atoms with E-state index in [-0.39, 0.29) is 0 Å². The van der Waals surface area contributed by atoms with Gasteiger partial charge in [0.2, 0.25) is 0 Å². The number of nitrogens with zero attached hydrogens (tertiary/aromatic N) is 2. The lowest BCUT2D eigenvalue weighted by atomic mass is 10.1. The molecule has 8 nitrogen and oxygen atoms in total. The monoisotopic (exact) mass is 475 g/mol. The summed E-state index contributed by atoms with van der Waals surface area (Å²) in [6.45, 7) is 3.88. The molecule has 0 fully saturated rings. The van der Waals surface area contributed by atoms with Crippen LogP contribution in [0.25, 0.3) is 11.3 Å². The zero-order valence-corrected chi connectivity index (χ0v) is 19.3. The van der Waals surface area contributed by atoms with Crippen LogP contribution in [0.1, 0.15) is 38.3 Å². The number of amides is 1. The number of aryl methyl sites for hydroxylation is 1. The molecule has 0 atom stereocenters. The van der Waals surface area contributed by atoms with Crippen LogP contribution >= 0.6 is 11.3 Å². The summed E-state index contributed by atoms with van der Waals surface area (Å²) in [6, 6.07) is 17.8. The van der Waals surface area contributed by atoms with Crippen LogP contribution in [0.2, 0.25) is 0 Å². The second kappa shape index (κ2) is 10.6. The number of hydrazone groups is 1. The number of esters is 1. The van der Waals surface area contributed by atoms with Gasteiger partial charge in [-0.1, -0.05) is 41.6 Å². The smallest absolute Gasteiger partial charge is 0.353 e. The number of benzene rings is 2. The Labute approximate surface area is 199 Å². The van der Waals surface area contributed by atoms with E-state index in [1.165, 1.54) is 17.6 Å². The molecule has 4 aromatic rings. The SMILES string of the molecule is CCOc1cc(/C=N/NC(=O)c2c(-c3ccccc3)noc2C)ccc1OC(=O)c1cccs1. The normalized spacial score (nSPS) is 10.9. The average Bonchev–Trinajstić information content (AvgIpc) is 3.51. The average molecular weight is 476 g/mol. The first-order valence-corrected chi connectivity index (χ1v) is 11.3. The summed E-state index contributed by atoms with van der Waals surface area (Å²) in [5, 5.41) is 9.87. The molecule has 34 heavy (non-hydrogen) atoms. The zero-order valence-electron chi connectivity index (χ0n) is 18.5. The van der Waals surface area contributed by atoms with Crippen molar-refractivity contribution < 1.29 is 23.6 Å². The quantitative estimate of drug-likeness (QED) is 0.165. The number of rotatable bonds is 8. The predicted octanol–water partition coefficient (Wildman–Crippen LogP) is 5.09. The van der Waals surface area contributed by atoms with Gasteiger partial charge in [0.1, 0.15) is 21.9 Å². The van der Waals surface area contributed by atoms with Gasteiger partial charge in [-0.3, -0.25) is 4.79 Å². The van der Waals surface area contributed by atoms with Gasteiger partial charge in [0.25, 0.3) is 5.91 Å². The van der Waals surface area contributed by atoms with Crippen LogP contribution in [0.5, 0.6) is 11.5 Å². The Hall–Kier alpha value is -4.24. The molecule has 9 heteroatoms. The van der Waals surface area contributed by atoms with Crippen molar-refractivity contribution in [2.75, 3.05) is 6.61 Å². The molecule has 2 heterocycles. The fourth-order valence-electron chi connectivity index (χ4n) is 3.16. The summed E-state index contributed by atoms with van der Waals surface area (Å²) in [7, 11) is 0. The van der Waals surface area contributed by atoms with Gasteiger partial charge in [0.05, 0.1) is 12.8 Å². The third-order valence-corrected chi connectivity index (χ3v) is 5.56. The highest BCUT2D eigenvalue weighted by molar-refractivity contribution is 7.12. The fraction of sp³-hybridized carbons (Fsp3) is 0.120. The standard InChI is InChI=1S/C25H21N3O5S/c1-3-31-20-14-17(11-12-19(20)32-25(30)21-10-7-13-34-21)15-26-27-24(29)22-16(2)33-28-23(22)18-8-5-4-6-9-18/h4-15H,3H2,1-2H3,(H,27,29)/b26-15+. The number of hydrogen-bond acceptors (Lipinski definition) is 8. The molecule has 172 valence electrons. The lowest BCUT2D eigenvalue weighted by molar-refractivity contribution is 0.0733. The van der Waals surface area contributed by atoms with Gasteiger partial charge in [-0.25, -0.2) is 10.2 Å². The number of nitrogens with one attached hydrogen (secondary N) is 1. The van der Waals surface area contributed by atoms with E-state index in [1.54, 1.807) is 42.6 Å². The number of ether oxygens (including phenoxy) is 2. The minimum atomic E-state index is -0.456. The van der Waals surface area contributed by atoms with Gasteiger partial charge >= 0.3 is 5.97 Å². The molecular weight excluding hydrogens is 454 g/mol. The molecule has 0 aliphatic carbocycles. The van der Waals surface area contributed by atoms with E-state index in [4.69, 9.17) is 14.0 Å². The van der Waals surface area contributed by atoms with Crippen molar-refractivity contribution in [1.29, 1.82) is 0 Å².